The zero-order chi connectivity index (χ0) is 19.6. The van der Waals surface area contributed by atoms with Gasteiger partial charge in [0.25, 0.3) is 11.8 Å². The molecule has 7 nitrogen and oxygen atoms in total. The largest absolute Gasteiger partial charge is 0.482 e. The number of hydrogen-bond acceptors (Lipinski definition) is 5. The number of benzene rings is 2. The topological polar surface area (TPSA) is 93.7 Å². The summed E-state index contributed by atoms with van der Waals surface area (Å²) in [6, 6.07) is 13.0. The van der Waals surface area contributed by atoms with Crippen LogP contribution in [0.1, 0.15) is 17.3 Å². The van der Waals surface area contributed by atoms with E-state index >= 15 is 0 Å². The van der Waals surface area contributed by atoms with Crippen molar-refractivity contribution in [2.24, 2.45) is 0 Å². The third-order valence-electron chi connectivity index (χ3n) is 3.26. The number of rotatable bonds is 8. The number of ether oxygens (including phenoxy) is 2. The van der Waals surface area contributed by atoms with Crippen molar-refractivity contribution in [1.82, 2.24) is 5.32 Å². The molecular formula is C19H19ClN2O5. The highest BCUT2D eigenvalue weighted by Crippen LogP contribution is 2.17. The lowest BCUT2D eigenvalue weighted by molar-refractivity contribution is -0.149. The molecule has 2 amide bonds. The van der Waals surface area contributed by atoms with Gasteiger partial charge in [-0.15, -0.1) is 0 Å². The Labute approximate surface area is 161 Å². The molecule has 2 aromatic carbocycles. The van der Waals surface area contributed by atoms with Crippen LogP contribution in [0.15, 0.2) is 48.5 Å². The van der Waals surface area contributed by atoms with Crippen LogP contribution in [0.3, 0.4) is 0 Å². The van der Waals surface area contributed by atoms with Gasteiger partial charge in [-0.2, -0.15) is 0 Å². The molecule has 2 rings (SSSR count). The van der Waals surface area contributed by atoms with Crippen LogP contribution in [-0.4, -0.2) is 37.5 Å². The van der Waals surface area contributed by atoms with E-state index in [-0.39, 0.29) is 12.5 Å². The zero-order valence-electron chi connectivity index (χ0n) is 14.7. The molecule has 0 aliphatic rings. The first-order chi connectivity index (χ1) is 13.0. The number of amides is 2. The van der Waals surface area contributed by atoms with E-state index in [0.29, 0.717) is 28.6 Å². The number of nitrogens with one attached hydrogen (secondary N) is 2. The van der Waals surface area contributed by atoms with E-state index in [1.54, 1.807) is 42.5 Å². The Kier molecular flexibility index (Phi) is 7.63. The fraction of sp³-hybridized carbons (Fsp3) is 0.211. The molecule has 0 atom stereocenters. The third-order valence-corrected chi connectivity index (χ3v) is 3.50. The summed E-state index contributed by atoms with van der Waals surface area (Å²) >= 11 is 5.81. The van der Waals surface area contributed by atoms with Gasteiger partial charge in [0.15, 0.2) is 13.2 Å². The summed E-state index contributed by atoms with van der Waals surface area (Å²) in [4.78, 5) is 35.3. The Morgan fingerprint density at radius 2 is 1.81 bits per heavy atom. The predicted octanol–water partition coefficient (Wildman–Crippen LogP) is 2.65. The molecule has 0 heterocycles. The Morgan fingerprint density at radius 3 is 2.56 bits per heavy atom. The highest BCUT2D eigenvalue weighted by molar-refractivity contribution is 6.30. The van der Waals surface area contributed by atoms with E-state index in [9.17, 15) is 14.4 Å². The van der Waals surface area contributed by atoms with Crippen molar-refractivity contribution < 1.29 is 23.9 Å². The Hall–Kier alpha value is -3.06. The highest BCUT2D eigenvalue weighted by Gasteiger charge is 2.10. The van der Waals surface area contributed by atoms with Crippen molar-refractivity contribution in [2.75, 3.05) is 25.1 Å². The van der Waals surface area contributed by atoms with Crippen molar-refractivity contribution in [1.29, 1.82) is 0 Å². The maximum absolute atomic E-state index is 11.9. The predicted molar refractivity (Wildman–Crippen MR) is 101 cm³/mol. The lowest BCUT2D eigenvalue weighted by Crippen LogP contribution is -2.24. The van der Waals surface area contributed by atoms with E-state index in [2.05, 4.69) is 10.6 Å². The minimum Gasteiger partial charge on any atom is -0.482 e. The Balaban J connectivity index is 1.78. The number of esters is 1. The van der Waals surface area contributed by atoms with E-state index in [4.69, 9.17) is 21.1 Å². The number of halogens is 1. The van der Waals surface area contributed by atoms with Crippen LogP contribution in [-0.2, 0) is 14.3 Å². The summed E-state index contributed by atoms with van der Waals surface area (Å²) in [6.07, 6.45) is 0. The fourth-order valence-corrected chi connectivity index (χ4v) is 2.26. The van der Waals surface area contributed by atoms with Crippen LogP contribution in [0.25, 0.3) is 0 Å². The van der Waals surface area contributed by atoms with Gasteiger partial charge in [-0.05, 0) is 43.3 Å². The second-order valence-corrected chi connectivity index (χ2v) is 5.83. The molecular weight excluding hydrogens is 372 g/mol. The molecule has 0 radical (unpaired) electrons. The lowest BCUT2D eigenvalue weighted by atomic mass is 10.2. The van der Waals surface area contributed by atoms with Gasteiger partial charge in [-0.25, -0.2) is 4.79 Å². The van der Waals surface area contributed by atoms with E-state index in [1.165, 1.54) is 6.07 Å². The first-order valence-corrected chi connectivity index (χ1v) is 8.58. The molecule has 2 aromatic rings. The molecule has 0 aliphatic heterocycles. The number of hydrogen-bond donors (Lipinski definition) is 2. The molecule has 0 spiro atoms. The van der Waals surface area contributed by atoms with Gasteiger partial charge in [0.2, 0.25) is 0 Å². The summed E-state index contributed by atoms with van der Waals surface area (Å²) in [7, 11) is 0. The molecule has 0 fully saturated rings. The summed E-state index contributed by atoms with van der Waals surface area (Å²) in [5, 5.41) is 5.71. The molecule has 2 N–H and O–H groups in total. The Bertz CT molecular complexity index is 825. The monoisotopic (exact) mass is 390 g/mol. The first-order valence-electron chi connectivity index (χ1n) is 8.20. The summed E-state index contributed by atoms with van der Waals surface area (Å²) in [5.41, 5.74) is 0.844. The average Bonchev–Trinajstić information content (AvgIpc) is 2.65. The molecule has 142 valence electrons. The SMILES string of the molecule is CCNC(=O)c1cccc(NC(=O)COC(=O)COc2cccc(Cl)c2)c1. The molecule has 0 aliphatic carbocycles. The maximum Gasteiger partial charge on any atom is 0.344 e. The van der Waals surface area contributed by atoms with Crippen molar-refractivity contribution in [2.45, 2.75) is 6.92 Å². The fourth-order valence-electron chi connectivity index (χ4n) is 2.08. The van der Waals surface area contributed by atoms with Gasteiger partial charge in [0, 0.05) is 22.8 Å². The van der Waals surface area contributed by atoms with Gasteiger partial charge in [-0.1, -0.05) is 23.7 Å². The van der Waals surface area contributed by atoms with E-state index < -0.39 is 18.5 Å². The average molecular weight is 391 g/mol. The van der Waals surface area contributed by atoms with Crippen LogP contribution in [0.4, 0.5) is 5.69 Å². The smallest absolute Gasteiger partial charge is 0.344 e. The van der Waals surface area contributed by atoms with E-state index in [0.717, 1.165) is 0 Å². The van der Waals surface area contributed by atoms with Gasteiger partial charge in [-0.3, -0.25) is 9.59 Å². The van der Waals surface area contributed by atoms with Gasteiger partial charge >= 0.3 is 5.97 Å². The van der Waals surface area contributed by atoms with Crippen LogP contribution in [0.5, 0.6) is 5.75 Å². The quantitative estimate of drug-likeness (QED) is 0.676. The Morgan fingerprint density at radius 1 is 1.04 bits per heavy atom. The summed E-state index contributed by atoms with van der Waals surface area (Å²) in [6.45, 7) is 1.50. The first kappa shape index (κ1) is 20.3. The summed E-state index contributed by atoms with van der Waals surface area (Å²) < 4.78 is 10.1. The second kappa shape index (κ2) is 10.2. The van der Waals surface area contributed by atoms with Crippen molar-refractivity contribution in [3.8, 4) is 5.75 Å². The third kappa shape index (κ3) is 6.99. The normalized spacial score (nSPS) is 10.0. The molecule has 8 heteroatoms. The number of anilines is 1. The van der Waals surface area contributed by atoms with Crippen molar-refractivity contribution in [3.63, 3.8) is 0 Å². The van der Waals surface area contributed by atoms with Crippen molar-refractivity contribution in [3.05, 3.63) is 59.1 Å². The molecule has 0 bridgehead atoms. The molecule has 0 saturated carbocycles. The molecule has 0 unspecified atom stereocenters. The number of carbonyl (C=O) groups excluding carboxylic acids is 3. The van der Waals surface area contributed by atoms with Gasteiger partial charge < -0.3 is 20.1 Å². The number of carbonyl (C=O) groups is 3. The summed E-state index contributed by atoms with van der Waals surface area (Å²) in [5.74, 6) is -1.04. The van der Waals surface area contributed by atoms with E-state index in [1.807, 2.05) is 6.92 Å². The zero-order valence-corrected chi connectivity index (χ0v) is 15.4. The molecule has 0 saturated heterocycles. The van der Waals surface area contributed by atoms with Crippen LogP contribution in [0, 0.1) is 0 Å². The molecule has 27 heavy (non-hydrogen) atoms. The standard InChI is InChI=1S/C19H19ClN2O5/c1-2-21-19(25)13-5-3-7-15(9-13)22-17(23)11-27-18(24)12-26-16-8-4-6-14(20)10-16/h3-10H,2,11-12H2,1H3,(H,21,25)(H,22,23). The van der Waals surface area contributed by atoms with Crippen molar-refractivity contribution >= 4 is 35.1 Å². The van der Waals surface area contributed by atoms with Crippen LogP contribution < -0.4 is 15.4 Å². The minimum absolute atomic E-state index is 0.238. The maximum atomic E-state index is 11.9. The highest BCUT2D eigenvalue weighted by atomic mass is 35.5. The lowest BCUT2D eigenvalue weighted by Gasteiger charge is -2.09. The van der Waals surface area contributed by atoms with Gasteiger partial charge in [0.1, 0.15) is 5.75 Å². The van der Waals surface area contributed by atoms with Crippen LogP contribution >= 0.6 is 11.6 Å². The van der Waals surface area contributed by atoms with Crippen LogP contribution in [0.2, 0.25) is 5.02 Å². The van der Waals surface area contributed by atoms with Gasteiger partial charge in [0.05, 0.1) is 0 Å². The minimum atomic E-state index is -0.693. The second-order valence-electron chi connectivity index (χ2n) is 5.40. The molecule has 0 aromatic heterocycles.